The summed E-state index contributed by atoms with van der Waals surface area (Å²) in [6.07, 6.45) is 0. The van der Waals surface area contributed by atoms with Gasteiger partial charge in [-0.05, 0) is 30.0 Å². The van der Waals surface area contributed by atoms with Crippen LogP contribution in [0.5, 0.6) is 0 Å². The molecule has 3 N–H and O–H groups in total. The van der Waals surface area contributed by atoms with Crippen molar-refractivity contribution < 1.29 is 9.59 Å². The molecule has 0 saturated heterocycles. The third-order valence-corrected chi connectivity index (χ3v) is 2.76. The molecule has 0 spiro atoms. The number of hydrazine groups is 1. The number of imide groups is 1. The molecule has 0 aliphatic carbocycles. The predicted molar refractivity (Wildman–Crippen MR) is 74.6 cm³/mol. The van der Waals surface area contributed by atoms with Gasteiger partial charge in [0.1, 0.15) is 0 Å². The van der Waals surface area contributed by atoms with Crippen LogP contribution in [0.4, 0.5) is 4.79 Å². The monoisotopic (exact) mass is 263 g/mol. The summed E-state index contributed by atoms with van der Waals surface area (Å²) in [5.74, 6) is 4.95. The van der Waals surface area contributed by atoms with E-state index in [4.69, 9.17) is 5.84 Å². The van der Waals surface area contributed by atoms with Gasteiger partial charge in [-0.3, -0.25) is 4.79 Å². The molecular weight excluding hydrogens is 242 g/mol. The first kappa shape index (κ1) is 15.2. The first-order valence-electron chi connectivity index (χ1n) is 6.25. The SMILES string of the molecule is CCNC(=O)N(N)C(=O)c1ccc(C(C)(C)C)cc1. The molecule has 1 aromatic carbocycles. The van der Waals surface area contributed by atoms with E-state index >= 15 is 0 Å². The van der Waals surface area contributed by atoms with E-state index in [0.717, 1.165) is 5.56 Å². The van der Waals surface area contributed by atoms with Crippen LogP contribution in [-0.4, -0.2) is 23.5 Å². The number of carbonyl (C=O) groups excluding carboxylic acids is 2. The summed E-state index contributed by atoms with van der Waals surface area (Å²) in [6.45, 7) is 8.45. The van der Waals surface area contributed by atoms with E-state index in [1.807, 2.05) is 12.1 Å². The smallest absolute Gasteiger partial charge is 0.337 e. The number of amides is 3. The second kappa shape index (κ2) is 5.84. The minimum Gasteiger partial charge on any atom is -0.337 e. The first-order valence-corrected chi connectivity index (χ1v) is 6.25. The van der Waals surface area contributed by atoms with Crippen molar-refractivity contribution in [2.75, 3.05) is 6.54 Å². The fourth-order valence-electron chi connectivity index (χ4n) is 1.58. The van der Waals surface area contributed by atoms with E-state index < -0.39 is 11.9 Å². The fraction of sp³-hybridized carbons (Fsp3) is 0.429. The Morgan fingerprint density at radius 1 is 1.21 bits per heavy atom. The number of nitrogens with zero attached hydrogens (tertiary/aromatic N) is 1. The minimum absolute atomic E-state index is 0.0174. The molecule has 0 atom stereocenters. The Bertz CT molecular complexity index is 461. The predicted octanol–water partition coefficient (Wildman–Crippen LogP) is 2.03. The molecule has 19 heavy (non-hydrogen) atoms. The number of hydrogen-bond donors (Lipinski definition) is 2. The van der Waals surface area contributed by atoms with E-state index in [-0.39, 0.29) is 5.41 Å². The van der Waals surface area contributed by atoms with Crippen molar-refractivity contribution in [3.63, 3.8) is 0 Å². The molecule has 5 heteroatoms. The van der Waals surface area contributed by atoms with Gasteiger partial charge in [0.25, 0.3) is 5.91 Å². The number of nitrogens with two attached hydrogens (primary N) is 1. The highest BCUT2D eigenvalue weighted by molar-refractivity contribution is 6.03. The van der Waals surface area contributed by atoms with Crippen LogP contribution in [0.15, 0.2) is 24.3 Å². The average Bonchev–Trinajstić information content (AvgIpc) is 2.36. The van der Waals surface area contributed by atoms with Gasteiger partial charge in [-0.1, -0.05) is 32.9 Å². The van der Waals surface area contributed by atoms with E-state index in [1.54, 1.807) is 19.1 Å². The van der Waals surface area contributed by atoms with Gasteiger partial charge in [0.05, 0.1) is 0 Å². The number of nitrogens with one attached hydrogen (secondary N) is 1. The summed E-state index contributed by atoms with van der Waals surface area (Å²) in [5, 5.41) is 3.07. The van der Waals surface area contributed by atoms with Crippen LogP contribution in [0.3, 0.4) is 0 Å². The second-order valence-corrected chi connectivity index (χ2v) is 5.34. The molecule has 0 unspecified atom stereocenters. The molecule has 0 saturated carbocycles. The summed E-state index contributed by atoms with van der Waals surface area (Å²) in [6, 6.07) is 6.51. The molecule has 0 aromatic heterocycles. The summed E-state index contributed by atoms with van der Waals surface area (Å²) < 4.78 is 0. The van der Waals surface area contributed by atoms with Crippen molar-refractivity contribution in [2.24, 2.45) is 5.84 Å². The van der Waals surface area contributed by atoms with Gasteiger partial charge >= 0.3 is 6.03 Å². The molecule has 0 fully saturated rings. The van der Waals surface area contributed by atoms with Crippen LogP contribution in [-0.2, 0) is 5.41 Å². The first-order chi connectivity index (χ1) is 8.77. The van der Waals surface area contributed by atoms with Gasteiger partial charge in [0.15, 0.2) is 0 Å². The van der Waals surface area contributed by atoms with Crippen LogP contribution >= 0.6 is 0 Å². The highest BCUT2D eigenvalue weighted by Gasteiger charge is 2.20. The molecule has 1 rings (SSSR count). The summed E-state index contributed by atoms with van der Waals surface area (Å²) in [4.78, 5) is 23.4. The summed E-state index contributed by atoms with van der Waals surface area (Å²) in [7, 11) is 0. The van der Waals surface area contributed by atoms with Gasteiger partial charge < -0.3 is 5.32 Å². The van der Waals surface area contributed by atoms with Crippen LogP contribution in [0, 0.1) is 0 Å². The number of rotatable bonds is 2. The zero-order valence-corrected chi connectivity index (χ0v) is 11.9. The highest BCUT2D eigenvalue weighted by Crippen LogP contribution is 2.22. The lowest BCUT2D eigenvalue weighted by Gasteiger charge is -2.20. The lowest BCUT2D eigenvalue weighted by atomic mass is 9.87. The van der Waals surface area contributed by atoms with Gasteiger partial charge in [-0.2, -0.15) is 5.01 Å². The van der Waals surface area contributed by atoms with Crippen LogP contribution in [0.2, 0.25) is 0 Å². The van der Waals surface area contributed by atoms with Crippen molar-refractivity contribution in [1.82, 2.24) is 10.3 Å². The van der Waals surface area contributed by atoms with Crippen molar-refractivity contribution in [2.45, 2.75) is 33.1 Å². The van der Waals surface area contributed by atoms with Gasteiger partial charge in [0.2, 0.25) is 0 Å². The molecule has 3 amide bonds. The maximum atomic E-state index is 12.0. The van der Waals surface area contributed by atoms with Crippen molar-refractivity contribution >= 4 is 11.9 Å². The molecule has 0 bridgehead atoms. The Kier molecular flexibility index (Phi) is 4.67. The standard InChI is InChI=1S/C14H21N3O2/c1-5-16-13(19)17(15)12(18)10-6-8-11(9-7-10)14(2,3)4/h6-9H,5,15H2,1-4H3,(H,16,19). The Hall–Kier alpha value is -1.88. The molecule has 5 nitrogen and oxygen atoms in total. The van der Waals surface area contributed by atoms with Crippen LogP contribution in [0.25, 0.3) is 0 Å². The molecule has 0 aliphatic rings. The molecular formula is C14H21N3O2. The molecule has 104 valence electrons. The highest BCUT2D eigenvalue weighted by atomic mass is 16.2. The van der Waals surface area contributed by atoms with Crippen molar-refractivity contribution in [1.29, 1.82) is 0 Å². The lowest BCUT2D eigenvalue weighted by Crippen LogP contribution is -2.48. The Labute approximate surface area is 113 Å². The largest absolute Gasteiger partial charge is 0.338 e. The minimum atomic E-state index is -0.604. The number of urea groups is 1. The van der Waals surface area contributed by atoms with E-state index in [0.29, 0.717) is 17.1 Å². The summed E-state index contributed by atoms with van der Waals surface area (Å²) >= 11 is 0. The van der Waals surface area contributed by atoms with E-state index in [1.165, 1.54) is 0 Å². The number of benzene rings is 1. The molecule has 0 radical (unpaired) electrons. The number of carbonyl (C=O) groups is 2. The van der Waals surface area contributed by atoms with Gasteiger partial charge in [0, 0.05) is 12.1 Å². The molecule has 1 aromatic rings. The van der Waals surface area contributed by atoms with Crippen molar-refractivity contribution in [3.8, 4) is 0 Å². The normalized spacial score (nSPS) is 11.0. The maximum absolute atomic E-state index is 12.0. The fourth-order valence-corrected chi connectivity index (χ4v) is 1.58. The number of hydrogen-bond acceptors (Lipinski definition) is 3. The topological polar surface area (TPSA) is 75.4 Å². The quantitative estimate of drug-likeness (QED) is 0.487. The Balaban J connectivity index is 2.87. The zero-order valence-electron chi connectivity index (χ0n) is 11.9. The lowest BCUT2D eigenvalue weighted by molar-refractivity contribution is 0.0800. The summed E-state index contributed by atoms with van der Waals surface area (Å²) in [5.41, 5.74) is 1.52. The Morgan fingerprint density at radius 3 is 2.16 bits per heavy atom. The van der Waals surface area contributed by atoms with Crippen molar-refractivity contribution in [3.05, 3.63) is 35.4 Å². The van der Waals surface area contributed by atoms with Crippen LogP contribution < -0.4 is 11.2 Å². The zero-order chi connectivity index (χ0) is 14.6. The van der Waals surface area contributed by atoms with E-state index in [9.17, 15) is 9.59 Å². The third-order valence-electron chi connectivity index (χ3n) is 2.76. The van der Waals surface area contributed by atoms with Crippen LogP contribution in [0.1, 0.15) is 43.6 Å². The van der Waals surface area contributed by atoms with Gasteiger partial charge in [-0.15, -0.1) is 0 Å². The molecule has 0 heterocycles. The van der Waals surface area contributed by atoms with E-state index in [2.05, 4.69) is 26.1 Å². The second-order valence-electron chi connectivity index (χ2n) is 5.34. The maximum Gasteiger partial charge on any atom is 0.338 e. The van der Waals surface area contributed by atoms with Gasteiger partial charge in [-0.25, -0.2) is 10.6 Å². The Morgan fingerprint density at radius 2 is 1.74 bits per heavy atom. The average molecular weight is 263 g/mol. The molecule has 0 aliphatic heterocycles. The third kappa shape index (κ3) is 3.79.